The third kappa shape index (κ3) is 3.31. The van der Waals surface area contributed by atoms with Gasteiger partial charge in [0, 0.05) is 19.1 Å². The maximum atomic E-state index is 12.5. The fraction of sp³-hybridized carbons (Fsp3) is 0.214. The van der Waals surface area contributed by atoms with Crippen molar-refractivity contribution in [3.8, 4) is 0 Å². The fourth-order valence-electron chi connectivity index (χ4n) is 2.06. The maximum absolute atomic E-state index is 12.5. The minimum Gasteiger partial charge on any atom is -0.286 e. The highest BCUT2D eigenvalue weighted by Crippen LogP contribution is 2.35. The summed E-state index contributed by atoms with van der Waals surface area (Å²) in [6.07, 6.45) is -5.26. The molecule has 0 unspecified atom stereocenters. The molecule has 0 aliphatic carbocycles. The first-order valence-corrected chi connectivity index (χ1v) is 8.14. The van der Waals surface area contributed by atoms with Crippen LogP contribution in [0, 0.1) is 0 Å². The van der Waals surface area contributed by atoms with Crippen LogP contribution in [0.2, 0.25) is 5.02 Å². The lowest BCUT2D eigenvalue weighted by Crippen LogP contribution is -2.44. The second-order valence-electron chi connectivity index (χ2n) is 5.18. The molecule has 0 saturated carbocycles. The number of alkyl halides is 3. The lowest BCUT2D eigenvalue weighted by atomic mass is 10.3. The van der Waals surface area contributed by atoms with E-state index in [2.05, 4.69) is 15.1 Å². The molecule has 0 N–H and O–H groups in total. The zero-order valence-electron chi connectivity index (χ0n) is 13.2. The van der Waals surface area contributed by atoms with Crippen LogP contribution < -0.4 is 5.01 Å². The van der Waals surface area contributed by atoms with Crippen molar-refractivity contribution in [2.45, 2.75) is 11.2 Å². The molecule has 1 aliphatic heterocycles. The number of hydrogen-bond acceptors (Lipinski definition) is 7. The highest BCUT2D eigenvalue weighted by atomic mass is 35.5. The van der Waals surface area contributed by atoms with Crippen LogP contribution in [0.5, 0.6) is 0 Å². The van der Waals surface area contributed by atoms with Gasteiger partial charge in [0.2, 0.25) is 0 Å². The molecule has 0 radical (unpaired) electrons. The Kier molecular flexibility index (Phi) is 4.53. The number of hydrazone groups is 1. The van der Waals surface area contributed by atoms with Crippen molar-refractivity contribution in [2.24, 2.45) is 5.10 Å². The van der Waals surface area contributed by atoms with E-state index >= 15 is 0 Å². The summed E-state index contributed by atoms with van der Waals surface area (Å²) in [5.74, 6) is -3.86. The first kappa shape index (κ1) is 18.4. The van der Waals surface area contributed by atoms with Crippen LogP contribution in [0.3, 0.4) is 0 Å². The number of ketones is 1. The summed E-state index contributed by atoms with van der Waals surface area (Å²) >= 11 is 6.75. The van der Waals surface area contributed by atoms with Crippen molar-refractivity contribution in [1.82, 2.24) is 14.9 Å². The molecule has 1 aromatic carbocycles. The normalized spacial score (nSPS) is 14.1. The third-order valence-electron chi connectivity index (χ3n) is 3.35. The Morgan fingerprint density at radius 3 is 2.58 bits per heavy atom. The summed E-state index contributed by atoms with van der Waals surface area (Å²) in [4.78, 5) is 32.2. The number of thioether (sulfide) groups is 1. The van der Waals surface area contributed by atoms with Gasteiger partial charge in [-0.1, -0.05) is 11.6 Å². The summed E-state index contributed by atoms with van der Waals surface area (Å²) in [6, 6.07) is 4.89. The molecule has 0 fully saturated rings. The zero-order chi connectivity index (χ0) is 19.2. The number of amidine groups is 1. The van der Waals surface area contributed by atoms with Crippen LogP contribution in [0.1, 0.15) is 0 Å². The number of amides is 1. The van der Waals surface area contributed by atoms with Crippen LogP contribution in [0.4, 0.5) is 19.0 Å². The van der Waals surface area contributed by atoms with Gasteiger partial charge in [0.1, 0.15) is 5.03 Å². The Balaban J connectivity index is 1.95. The summed E-state index contributed by atoms with van der Waals surface area (Å²) in [7, 11) is 2.53. The molecule has 3 rings (SSSR count). The molecule has 7 nitrogen and oxygen atoms in total. The van der Waals surface area contributed by atoms with E-state index < -0.39 is 17.9 Å². The van der Waals surface area contributed by atoms with Crippen LogP contribution in [-0.4, -0.2) is 52.0 Å². The number of carbonyl (C=O) groups is 2. The van der Waals surface area contributed by atoms with Gasteiger partial charge in [0.15, 0.2) is 11.0 Å². The summed E-state index contributed by atoms with van der Waals surface area (Å²) < 4.78 is 37.4. The predicted molar refractivity (Wildman–Crippen MR) is 90.1 cm³/mol. The largest absolute Gasteiger partial charge is 0.460 e. The number of benzene rings is 1. The van der Waals surface area contributed by atoms with Crippen LogP contribution >= 0.6 is 23.4 Å². The van der Waals surface area contributed by atoms with Gasteiger partial charge in [-0.25, -0.2) is 15.0 Å². The predicted octanol–water partition coefficient (Wildman–Crippen LogP) is 2.69. The molecule has 136 valence electrons. The Bertz CT molecular complexity index is 965. The van der Waals surface area contributed by atoms with Crippen molar-refractivity contribution in [1.29, 1.82) is 0 Å². The molecule has 0 saturated heterocycles. The maximum Gasteiger partial charge on any atom is 0.460 e. The van der Waals surface area contributed by atoms with Crippen molar-refractivity contribution < 1.29 is 22.8 Å². The number of fused-ring (bicyclic) bond motifs is 2. The van der Waals surface area contributed by atoms with E-state index in [1.165, 1.54) is 12.1 Å². The topological polar surface area (TPSA) is 78.8 Å². The first-order chi connectivity index (χ1) is 12.1. The second kappa shape index (κ2) is 6.40. The summed E-state index contributed by atoms with van der Waals surface area (Å²) in [5.41, 5.74) is 1.02. The molecule has 0 bridgehead atoms. The number of carbonyl (C=O) groups excluding carboxylic acids is 2. The van der Waals surface area contributed by atoms with Crippen molar-refractivity contribution in [3.63, 3.8) is 0 Å². The van der Waals surface area contributed by atoms with Crippen LogP contribution in [-0.2, 0) is 9.59 Å². The Hall–Kier alpha value is -2.40. The highest BCUT2D eigenvalue weighted by molar-refractivity contribution is 8.14. The molecule has 12 heteroatoms. The second-order valence-corrected chi connectivity index (χ2v) is 6.58. The smallest absolute Gasteiger partial charge is 0.286 e. The van der Waals surface area contributed by atoms with Gasteiger partial charge < -0.3 is 0 Å². The Morgan fingerprint density at radius 1 is 1.23 bits per heavy atom. The number of halogens is 4. The van der Waals surface area contributed by atoms with Crippen molar-refractivity contribution >= 4 is 57.1 Å². The van der Waals surface area contributed by atoms with Gasteiger partial charge >= 0.3 is 17.9 Å². The number of rotatable bonds is 1. The molecule has 2 aromatic rings. The lowest BCUT2D eigenvalue weighted by molar-refractivity contribution is -0.176. The molecule has 26 heavy (non-hydrogen) atoms. The highest BCUT2D eigenvalue weighted by Gasteiger charge is 2.46. The molecular formula is C14H9ClF3N5O2S. The van der Waals surface area contributed by atoms with E-state index in [1.807, 2.05) is 0 Å². The van der Waals surface area contributed by atoms with E-state index in [9.17, 15) is 22.8 Å². The van der Waals surface area contributed by atoms with Gasteiger partial charge in [-0.05, 0) is 30.0 Å². The summed E-state index contributed by atoms with van der Waals surface area (Å²) in [5, 5.41) is 5.88. The fourth-order valence-corrected chi connectivity index (χ4v) is 3.20. The Morgan fingerprint density at radius 2 is 1.92 bits per heavy atom. The molecule has 0 spiro atoms. The minimum atomic E-state index is -5.26. The number of nitrogens with zero attached hydrogens (tertiary/aromatic N) is 5. The van der Waals surface area contributed by atoms with Crippen molar-refractivity contribution in [2.75, 3.05) is 19.1 Å². The molecule has 1 amide bonds. The van der Waals surface area contributed by atoms with E-state index in [-0.39, 0.29) is 5.17 Å². The van der Waals surface area contributed by atoms with E-state index in [4.69, 9.17) is 11.6 Å². The van der Waals surface area contributed by atoms with Crippen LogP contribution in [0.25, 0.3) is 11.0 Å². The SMILES string of the molecule is CN(C(=O)C(=O)C(F)(F)F)C1=NN(C)c2nc3ccc(Cl)cc3nc2S1. The zero-order valence-corrected chi connectivity index (χ0v) is 14.8. The molecule has 2 heterocycles. The van der Waals surface area contributed by atoms with Gasteiger partial charge in [0.05, 0.1) is 11.0 Å². The van der Waals surface area contributed by atoms with Gasteiger partial charge in [-0.2, -0.15) is 13.2 Å². The van der Waals surface area contributed by atoms with E-state index in [0.29, 0.717) is 31.8 Å². The number of Topliss-reactive ketones (excluding diaryl/α,β-unsaturated/α-hetero) is 1. The average molecular weight is 404 g/mol. The number of aromatic nitrogens is 2. The monoisotopic (exact) mass is 403 g/mol. The minimum absolute atomic E-state index is 0.140. The first-order valence-electron chi connectivity index (χ1n) is 6.94. The molecule has 1 aliphatic rings. The number of anilines is 1. The molecular weight excluding hydrogens is 395 g/mol. The number of likely N-dealkylation sites (N-methyl/N-ethyl adjacent to an activating group) is 1. The van der Waals surface area contributed by atoms with Gasteiger partial charge in [-0.3, -0.25) is 14.5 Å². The average Bonchev–Trinajstić information content (AvgIpc) is 2.57. The molecule has 1 aromatic heterocycles. The Labute approximate surface area is 153 Å². The summed E-state index contributed by atoms with van der Waals surface area (Å²) in [6.45, 7) is 0. The lowest BCUT2D eigenvalue weighted by Gasteiger charge is -2.26. The van der Waals surface area contributed by atoms with Crippen molar-refractivity contribution in [3.05, 3.63) is 23.2 Å². The quantitative estimate of drug-likeness (QED) is 0.681. The van der Waals surface area contributed by atoms with Crippen LogP contribution in [0.15, 0.2) is 28.3 Å². The standard InChI is InChI=1S/C14H9ClF3N5O2S/c1-22(12(25)9(24)14(16,17)18)13-21-23(2)10-11(26-13)20-8-5-6(15)3-4-7(8)19-10/h3-5H,1-2H3. The third-order valence-corrected chi connectivity index (χ3v) is 4.59. The molecule has 0 atom stereocenters. The van der Waals surface area contributed by atoms with E-state index in [0.717, 1.165) is 18.8 Å². The van der Waals surface area contributed by atoms with E-state index in [1.54, 1.807) is 18.2 Å². The van der Waals surface area contributed by atoms with Gasteiger partial charge in [0.25, 0.3) is 0 Å². The van der Waals surface area contributed by atoms with Gasteiger partial charge in [-0.15, -0.1) is 5.10 Å². The number of hydrogen-bond donors (Lipinski definition) is 0.